The first-order valence-electron chi connectivity index (χ1n) is 11.5. The Labute approximate surface area is 240 Å². The van der Waals surface area contributed by atoms with Gasteiger partial charge in [0.15, 0.2) is 15.8 Å². The molecule has 0 aliphatic carbocycles. The maximum absolute atomic E-state index is 13.0. The first-order chi connectivity index (χ1) is 18.2. The molecule has 0 spiro atoms. The van der Waals surface area contributed by atoms with Crippen molar-refractivity contribution in [2.75, 3.05) is 11.9 Å². The fourth-order valence-electron chi connectivity index (χ4n) is 3.51. The lowest BCUT2D eigenvalue weighted by Gasteiger charge is -2.16. The first kappa shape index (κ1) is 27.8. The standard InChI is InChI=1S/C27H23Cl2N3O4S2/c1-3-35-23-12-17(7-10-22(23)36-15-18-6-4-5-16(2)11-18)13-24-25(33)32(27(37)38-24)31-26(34)30-19-8-9-20(28)21(29)14-19/h4-14H,3,15H2,1-2H3,(H2,30,31,34)/b24-13-. The lowest BCUT2D eigenvalue weighted by molar-refractivity contribution is -0.123. The van der Waals surface area contributed by atoms with Gasteiger partial charge in [-0.05, 0) is 73.6 Å². The maximum Gasteiger partial charge on any atom is 0.338 e. The van der Waals surface area contributed by atoms with Gasteiger partial charge in [0.25, 0.3) is 5.91 Å². The largest absolute Gasteiger partial charge is 0.490 e. The monoisotopic (exact) mass is 587 g/mol. The number of halogens is 2. The van der Waals surface area contributed by atoms with E-state index in [1.165, 1.54) is 6.07 Å². The van der Waals surface area contributed by atoms with E-state index in [0.717, 1.165) is 33.5 Å². The van der Waals surface area contributed by atoms with Gasteiger partial charge in [-0.1, -0.05) is 70.9 Å². The van der Waals surface area contributed by atoms with Crippen molar-refractivity contribution in [2.24, 2.45) is 0 Å². The molecule has 0 radical (unpaired) electrons. The van der Waals surface area contributed by atoms with Crippen molar-refractivity contribution in [3.8, 4) is 11.5 Å². The molecule has 11 heteroatoms. The number of ether oxygens (including phenoxy) is 2. The highest BCUT2D eigenvalue weighted by Gasteiger charge is 2.33. The van der Waals surface area contributed by atoms with Crippen molar-refractivity contribution >= 4 is 75.2 Å². The second-order valence-corrected chi connectivity index (χ2v) is 10.6. The summed E-state index contributed by atoms with van der Waals surface area (Å²) >= 11 is 18.3. The van der Waals surface area contributed by atoms with Crippen LogP contribution in [0.2, 0.25) is 10.0 Å². The summed E-state index contributed by atoms with van der Waals surface area (Å²) < 4.78 is 12.0. The van der Waals surface area contributed by atoms with Crippen LogP contribution in [0.1, 0.15) is 23.6 Å². The van der Waals surface area contributed by atoms with Gasteiger partial charge in [-0.2, -0.15) is 5.01 Å². The number of benzene rings is 3. The number of urea groups is 1. The zero-order valence-corrected chi connectivity index (χ0v) is 23.6. The molecule has 3 aromatic rings. The minimum atomic E-state index is -0.658. The fourth-order valence-corrected chi connectivity index (χ4v) is 4.99. The minimum Gasteiger partial charge on any atom is -0.490 e. The molecule has 0 atom stereocenters. The van der Waals surface area contributed by atoms with E-state index in [0.29, 0.717) is 40.3 Å². The van der Waals surface area contributed by atoms with Gasteiger partial charge in [-0.25, -0.2) is 10.2 Å². The Hall–Kier alpha value is -3.24. The van der Waals surface area contributed by atoms with Gasteiger partial charge in [-0.3, -0.25) is 4.79 Å². The summed E-state index contributed by atoms with van der Waals surface area (Å²) in [4.78, 5) is 25.8. The number of thiocarbonyl (C=S) groups is 1. The number of thioether (sulfide) groups is 1. The normalized spacial score (nSPS) is 14.1. The number of amides is 3. The molecule has 1 aliphatic rings. The van der Waals surface area contributed by atoms with E-state index in [2.05, 4.69) is 16.8 Å². The van der Waals surface area contributed by atoms with E-state index in [-0.39, 0.29) is 9.34 Å². The zero-order valence-electron chi connectivity index (χ0n) is 20.4. The molecule has 3 amide bonds. The van der Waals surface area contributed by atoms with Crippen LogP contribution in [0.25, 0.3) is 6.08 Å². The van der Waals surface area contributed by atoms with Crippen LogP contribution in [0.5, 0.6) is 11.5 Å². The molecule has 1 fully saturated rings. The molecule has 3 aromatic carbocycles. The van der Waals surface area contributed by atoms with Crippen LogP contribution in [0.3, 0.4) is 0 Å². The van der Waals surface area contributed by atoms with Crippen molar-refractivity contribution in [1.82, 2.24) is 10.4 Å². The second kappa shape index (κ2) is 12.5. The van der Waals surface area contributed by atoms with E-state index < -0.39 is 11.9 Å². The van der Waals surface area contributed by atoms with Gasteiger partial charge >= 0.3 is 6.03 Å². The SMILES string of the molecule is CCOc1cc(/C=C2\SC(=S)N(NC(=O)Nc3ccc(Cl)c(Cl)c3)C2=O)ccc1OCc1cccc(C)c1. The van der Waals surface area contributed by atoms with Crippen LogP contribution >= 0.6 is 47.2 Å². The highest BCUT2D eigenvalue weighted by atomic mass is 35.5. The Bertz CT molecular complexity index is 1430. The quantitative estimate of drug-likeness (QED) is 0.214. The maximum atomic E-state index is 13.0. The van der Waals surface area contributed by atoms with E-state index >= 15 is 0 Å². The average molecular weight is 589 g/mol. The molecule has 0 aromatic heterocycles. The molecule has 2 N–H and O–H groups in total. The molecule has 38 heavy (non-hydrogen) atoms. The van der Waals surface area contributed by atoms with Gasteiger partial charge in [0.05, 0.1) is 21.6 Å². The van der Waals surface area contributed by atoms with E-state index in [9.17, 15) is 9.59 Å². The van der Waals surface area contributed by atoms with E-state index in [1.807, 2.05) is 38.1 Å². The molecule has 0 unspecified atom stereocenters. The second-order valence-electron chi connectivity index (χ2n) is 8.13. The Morgan fingerprint density at radius 3 is 2.61 bits per heavy atom. The van der Waals surface area contributed by atoms with Crippen LogP contribution in [0.4, 0.5) is 10.5 Å². The van der Waals surface area contributed by atoms with Gasteiger partial charge in [0.2, 0.25) is 0 Å². The topological polar surface area (TPSA) is 79.9 Å². The van der Waals surface area contributed by atoms with Crippen LogP contribution in [0.15, 0.2) is 65.6 Å². The van der Waals surface area contributed by atoms with Crippen LogP contribution in [-0.2, 0) is 11.4 Å². The molecule has 1 heterocycles. The third-order valence-corrected chi connectivity index (χ3v) is 7.27. The highest BCUT2D eigenvalue weighted by Crippen LogP contribution is 2.34. The number of hydrogen-bond acceptors (Lipinski definition) is 6. The summed E-state index contributed by atoms with van der Waals surface area (Å²) in [6.07, 6.45) is 1.69. The van der Waals surface area contributed by atoms with Gasteiger partial charge in [-0.15, -0.1) is 0 Å². The smallest absolute Gasteiger partial charge is 0.338 e. The van der Waals surface area contributed by atoms with Crippen molar-refractivity contribution in [1.29, 1.82) is 0 Å². The summed E-state index contributed by atoms with van der Waals surface area (Å²) in [7, 11) is 0. The number of rotatable bonds is 8. The van der Waals surface area contributed by atoms with Crippen LogP contribution < -0.4 is 20.2 Å². The first-order valence-corrected chi connectivity index (χ1v) is 13.5. The van der Waals surface area contributed by atoms with Crippen molar-refractivity contribution in [3.63, 3.8) is 0 Å². The van der Waals surface area contributed by atoms with Crippen molar-refractivity contribution < 1.29 is 19.1 Å². The molecular weight excluding hydrogens is 565 g/mol. The molecule has 4 rings (SSSR count). The number of aryl methyl sites for hydroxylation is 1. The number of hydrogen-bond donors (Lipinski definition) is 2. The predicted octanol–water partition coefficient (Wildman–Crippen LogP) is 7.22. The summed E-state index contributed by atoms with van der Waals surface area (Å²) in [5, 5.41) is 4.25. The Kier molecular flexibility index (Phi) is 9.17. The van der Waals surface area contributed by atoms with E-state index in [4.69, 9.17) is 44.9 Å². The van der Waals surface area contributed by atoms with E-state index in [1.54, 1.807) is 30.3 Å². The lowest BCUT2D eigenvalue weighted by atomic mass is 10.1. The molecule has 1 saturated heterocycles. The molecule has 0 bridgehead atoms. The number of carbonyl (C=O) groups excluding carboxylic acids is 2. The number of nitrogens with one attached hydrogen (secondary N) is 2. The Morgan fingerprint density at radius 2 is 1.87 bits per heavy atom. The molecular formula is C27H23Cl2N3O4S2. The van der Waals surface area contributed by atoms with Gasteiger partial charge in [0.1, 0.15) is 6.61 Å². The summed E-state index contributed by atoms with van der Waals surface area (Å²) in [5.41, 5.74) is 5.80. The third-order valence-electron chi connectivity index (χ3n) is 5.23. The molecule has 7 nitrogen and oxygen atoms in total. The fraction of sp³-hybridized carbons (Fsp3) is 0.148. The number of nitrogens with zero attached hydrogens (tertiary/aromatic N) is 1. The minimum absolute atomic E-state index is 0.189. The van der Waals surface area contributed by atoms with Gasteiger partial charge < -0.3 is 14.8 Å². The highest BCUT2D eigenvalue weighted by molar-refractivity contribution is 8.26. The zero-order chi connectivity index (χ0) is 27.2. The van der Waals surface area contributed by atoms with Crippen molar-refractivity contribution in [3.05, 3.63) is 92.3 Å². The number of hydrazine groups is 1. The number of anilines is 1. The summed E-state index contributed by atoms with van der Waals surface area (Å²) in [6, 6.07) is 17.5. The van der Waals surface area contributed by atoms with Crippen LogP contribution in [-0.4, -0.2) is 27.9 Å². The Morgan fingerprint density at radius 1 is 1.05 bits per heavy atom. The lowest BCUT2D eigenvalue weighted by Crippen LogP contribution is -2.46. The van der Waals surface area contributed by atoms with Gasteiger partial charge in [0, 0.05) is 5.69 Å². The van der Waals surface area contributed by atoms with Crippen molar-refractivity contribution in [2.45, 2.75) is 20.5 Å². The molecule has 1 aliphatic heterocycles. The van der Waals surface area contributed by atoms with Crippen LogP contribution in [0, 0.1) is 6.92 Å². The summed E-state index contributed by atoms with van der Waals surface area (Å²) in [5.74, 6) is 0.698. The summed E-state index contributed by atoms with van der Waals surface area (Å²) in [6.45, 7) is 4.76. The third kappa shape index (κ3) is 6.99. The average Bonchev–Trinajstić information content (AvgIpc) is 3.13. The molecule has 0 saturated carbocycles. The predicted molar refractivity (Wildman–Crippen MR) is 157 cm³/mol. The Balaban J connectivity index is 1.44. The molecule has 196 valence electrons. The number of carbonyl (C=O) groups is 2.